The number of hydrogen-bond donors (Lipinski definition) is 1. The monoisotopic (exact) mass is 417 g/mol. The smallest absolute Gasteiger partial charge is 0.121 e. The Bertz CT molecular complexity index is 1130. The molecule has 158 valence electrons. The number of aromatic nitrogens is 2. The third-order valence-corrected chi connectivity index (χ3v) is 7.16. The fourth-order valence-corrected chi connectivity index (χ4v) is 5.63. The van der Waals surface area contributed by atoms with Crippen LogP contribution in [0.5, 0.6) is 0 Å². The van der Waals surface area contributed by atoms with Crippen molar-refractivity contribution in [2.24, 2.45) is 11.8 Å². The molecule has 1 aliphatic carbocycles. The maximum Gasteiger partial charge on any atom is 0.121 e. The SMILES string of the molecule is C1=C(c2cn(C(c3ccccc3)(c3ccccc3)c3ccccc3)cn2)C[C@H]2CNC[C@@H]12. The van der Waals surface area contributed by atoms with Crippen LogP contribution in [0.1, 0.15) is 28.8 Å². The van der Waals surface area contributed by atoms with Crippen LogP contribution < -0.4 is 5.32 Å². The van der Waals surface area contributed by atoms with Gasteiger partial charge in [0.2, 0.25) is 0 Å². The molecule has 0 amide bonds. The summed E-state index contributed by atoms with van der Waals surface area (Å²) in [6, 6.07) is 32.4. The molecule has 3 aromatic carbocycles. The molecule has 2 aliphatic rings. The lowest BCUT2D eigenvalue weighted by Gasteiger charge is -2.37. The number of allylic oxidation sites excluding steroid dienone is 1. The molecule has 4 aromatic rings. The summed E-state index contributed by atoms with van der Waals surface area (Å²) in [7, 11) is 0. The topological polar surface area (TPSA) is 29.9 Å². The standard InChI is InChI=1S/C29H27N3/c1-4-10-25(11-5-1)29(26-12-6-2-7-13-26,27-14-8-3-9-15-27)32-20-28(31-21-32)22-16-23-18-30-19-24(23)17-22/h1-16,20-21,23-24,30H,17-19H2/t23-,24+/m1/s1. The minimum atomic E-state index is -0.494. The van der Waals surface area contributed by atoms with Gasteiger partial charge in [0.1, 0.15) is 5.54 Å². The Morgan fingerprint density at radius 3 is 1.84 bits per heavy atom. The first kappa shape index (κ1) is 19.3. The third-order valence-electron chi connectivity index (χ3n) is 7.16. The minimum absolute atomic E-state index is 0.494. The summed E-state index contributed by atoms with van der Waals surface area (Å²) in [6.45, 7) is 2.21. The zero-order chi connectivity index (χ0) is 21.4. The summed E-state index contributed by atoms with van der Waals surface area (Å²) in [5, 5.41) is 3.52. The van der Waals surface area contributed by atoms with E-state index in [0.717, 1.165) is 31.1 Å². The minimum Gasteiger partial charge on any atom is -0.318 e. The molecule has 1 aromatic heterocycles. The van der Waals surface area contributed by atoms with Crippen LogP contribution in [0, 0.1) is 11.8 Å². The quantitative estimate of drug-likeness (QED) is 0.444. The number of benzene rings is 3. The molecule has 3 nitrogen and oxygen atoms in total. The van der Waals surface area contributed by atoms with Crippen LogP contribution in [0.15, 0.2) is 110 Å². The Balaban J connectivity index is 1.56. The molecule has 6 rings (SSSR count). The van der Waals surface area contributed by atoms with E-state index in [-0.39, 0.29) is 0 Å². The van der Waals surface area contributed by atoms with Gasteiger partial charge >= 0.3 is 0 Å². The molecule has 0 radical (unpaired) electrons. The van der Waals surface area contributed by atoms with Gasteiger partial charge in [-0.25, -0.2) is 4.98 Å². The third kappa shape index (κ3) is 3.04. The molecule has 0 saturated carbocycles. The van der Waals surface area contributed by atoms with Gasteiger partial charge in [0, 0.05) is 12.7 Å². The summed E-state index contributed by atoms with van der Waals surface area (Å²) in [5.74, 6) is 1.37. The molecule has 3 heteroatoms. The van der Waals surface area contributed by atoms with Crippen molar-refractivity contribution in [3.8, 4) is 0 Å². The van der Waals surface area contributed by atoms with Gasteiger partial charge < -0.3 is 9.88 Å². The second kappa shape index (κ2) is 7.92. The zero-order valence-corrected chi connectivity index (χ0v) is 18.1. The van der Waals surface area contributed by atoms with Crippen molar-refractivity contribution in [1.29, 1.82) is 0 Å². The summed E-state index contributed by atoms with van der Waals surface area (Å²) in [5.41, 5.74) is 5.68. The Labute approximate surface area is 189 Å². The van der Waals surface area contributed by atoms with Gasteiger partial charge in [-0.15, -0.1) is 0 Å². The largest absolute Gasteiger partial charge is 0.318 e. The molecule has 1 N–H and O–H groups in total. The van der Waals surface area contributed by atoms with Crippen molar-refractivity contribution in [2.75, 3.05) is 13.1 Å². The van der Waals surface area contributed by atoms with Crippen LogP contribution in [-0.4, -0.2) is 22.6 Å². The molecule has 32 heavy (non-hydrogen) atoms. The molecule has 2 atom stereocenters. The molecular formula is C29H27N3. The molecule has 1 fully saturated rings. The van der Waals surface area contributed by atoms with Gasteiger partial charge in [0.05, 0.1) is 12.0 Å². The van der Waals surface area contributed by atoms with Crippen molar-refractivity contribution in [1.82, 2.24) is 14.9 Å². The number of rotatable bonds is 5. The molecule has 0 unspecified atom stereocenters. The summed E-state index contributed by atoms with van der Waals surface area (Å²) < 4.78 is 2.32. The molecule has 1 aliphatic heterocycles. The van der Waals surface area contributed by atoms with Gasteiger partial charge in [0.25, 0.3) is 0 Å². The summed E-state index contributed by atoms with van der Waals surface area (Å²) in [4.78, 5) is 4.94. The van der Waals surface area contributed by atoms with E-state index in [1.54, 1.807) is 0 Å². The number of hydrogen-bond acceptors (Lipinski definition) is 2. The number of imidazole rings is 1. The van der Waals surface area contributed by atoms with Gasteiger partial charge in [0.15, 0.2) is 0 Å². The van der Waals surface area contributed by atoms with Gasteiger partial charge in [-0.1, -0.05) is 97.1 Å². The maximum atomic E-state index is 4.94. The second-order valence-corrected chi connectivity index (χ2v) is 8.95. The van der Waals surface area contributed by atoms with Crippen molar-refractivity contribution < 1.29 is 0 Å². The molecule has 0 bridgehead atoms. The molecule has 2 heterocycles. The number of nitrogens with one attached hydrogen (secondary N) is 1. The lowest BCUT2D eigenvalue weighted by Crippen LogP contribution is -2.36. The van der Waals surface area contributed by atoms with Crippen LogP contribution in [0.4, 0.5) is 0 Å². The van der Waals surface area contributed by atoms with Crippen LogP contribution in [0.2, 0.25) is 0 Å². The average Bonchev–Trinajstić information content (AvgIpc) is 3.59. The number of nitrogens with zero attached hydrogens (tertiary/aromatic N) is 2. The van der Waals surface area contributed by atoms with Crippen molar-refractivity contribution >= 4 is 5.57 Å². The Morgan fingerprint density at radius 1 is 0.750 bits per heavy atom. The predicted octanol–water partition coefficient (Wildman–Crippen LogP) is 5.35. The first-order chi connectivity index (χ1) is 15.9. The van der Waals surface area contributed by atoms with E-state index in [2.05, 4.69) is 113 Å². The first-order valence-electron chi connectivity index (χ1n) is 11.5. The Hall–Kier alpha value is -3.43. The maximum absolute atomic E-state index is 4.94. The van der Waals surface area contributed by atoms with E-state index in [0.29, 0.717) is 5.92 Å². The highest BCUT2D eigenvalue weighted by atomic mass is 15.1. The van der Waals surface area contributed by atoms with Crippen LogP contribution >= 0.6 is 0 Å². The fourth-order valence-electron chi connectivity index (χ4n) is 5.63. The van der Waals surface area contributed by atoms with Crippen molar-refractivity contribution in [3.05, 3.63) is 132 Å². The van der Waals surface area contributed by atoms with Gasteiger partial charge in [-0.3, -0.25) is 0 Å². The highest BCUT2D eigenvalue weighted by molar-refractivity contribution is 5.66. The summed E-state index contributed by atoms with van der Waals surface area (Å²) >= 11 is 0. The lowest BCUT2D eigenvalue weighted by atomic mass is 9.77. The van der Waals surface area contributed by atoms with E-state index in [4.69, 9.17) is 4.98 Å². The van der Waals surface area contributed by atoms with Crippen LogP contribution in [-0.2, 0) is 5.54 Å². The predicted molar refractivity (Wildman–Crippen MR) is 129 cm³/mol. The van der Waals surface area contributed by atoms with Crippen LogP contribution in [0.3, 0.4) is 0 Å². The van der Waals surface area contributed by atoms with Crippen molar-refractivity contribution in [2.45, 2.75) is 12.0 Å². The fraction of sp³-hybridized carbons (Fsp3) is 0.207. The van der Waals surface area contributed by atoms with Crippen LogP contribution in [0.25, 0.3) is 5.57 Å². The number of fused-ring (bicyclic) bond motifs is 1. The molecule has 1 saturated heterocycles. The van der Waals surface area contributed by atoms with E-state index in [9.17, 15) is 0 Å². The second-order valence-electron chi connectivity index (χ2n) is 8.95. The summed E-state index contributed by atoms with van der Waals surface area (Å²) in [6.07, 6.45) is 7.85. The Kier molecular flexibility index (Phi) is 4.77. The Morgan fingerprint density at radius 2 is 1.31 bits per heavy atom. The van der Waals surface area contributed by atoms with Gasteiger partial charge in [-0.05, 0) is 47.1 Å². The zero-order valence-electron chi connectivity index (χ0n) is 18.1. The van der Waals surface area contributed by atoms with E-state index < -0.39 is 5.54 Å². The molecule has 0 spiro atoms. The molecular weight excluding hydrogens is 390 g/mol. The normalized spacial score (nSPS) is 20.2. The average molecular weight is 418 g/mol. The van der Waals surface area contributed by atoms with Crippen molar-refractivity contribution in [3.63, 3.8) is 0 Å². The van der Waals surface area contributed by atoms with E-state index in [1.165, 1.54) is 22.3 Å². The van der Waals surface area contributed by atoms with Gasteiger partial charge in [-0.2, -0.15) is 0 Å². The van der Waals surface area contributed by atoms with E-state index in [1.807, 2.05) is 6.33 Å². The highest BCUT2D eigenvalue weighted by Gasteiger charge is 2.39. The first-order valence-corrected chi connectivity index (χ1v) is 11.5. The lowest BCUT2D eigenvalue weighted by molar-refractivity contribution is 0.514. The van der Waals surface area contributed by atoms with E-state index >= 15 is 0 Å². The highest BCUT2D eigenvalue weighted by Crippen LogP contribution is 2.42.